The Balaban J connectivity index is 2.19. The zero-order chi connectivity index (χ0) is 8.10. The molecule has 0 amide bonds. The summed E-state index contributed by atoms with van der Waals surface area (Å²) in [6.07, 6.45) is 8.08. The molecule has 0 aromatic rings. The molecule has 0 heterocycles. The van der Waals surface area contributed by atoms with Crippen LogP contribution in [0.4, 0.5) is 0 Å². The molecule has 0 atom stereocenters. The van der Waals surface area contributed by atoms with Crippen LogP contribution in [-0.4, -0.2) is 11.4 Å². The van der Waals surface area contributed by atoms with Gasteiger partial charge in [0.1, 0.15) is 0 Å². The average Bonchev–Trinajstić information content (AvgIpc) is 2.06. The third kappa shape index (κ3) is 3.30. The smallest absolute Gasteiger partial charge is 0.0242 e. The molecule has 0 aromatic carbocycles. The molecule has 0 spiro atoms. The summed E-state index contributed by atoms with van der Waals surface area (Å²) in [6, 6.07) is 0. The Morgan fingerprint density at radius 3 is 2.45 bits per heavy atom. The molecule has 1 fully saturated rings. The SMILES string of the molecule is NCC(=S)CC1CCCCC1. The van der Waals surface area contributed by atoms with E-state index < -0.39 is 0 Å². The molecule has 0 radical (unpaired) electrons. The molecule has 1 aliphatic rings. The molecule has 0 saturated heterocycles. The Hall–Kier alpha value is 0.0500. The Morgan fingerprint density at radius 2 is 1.91 bits per heavy atom. The van der Waals surface area contributed by atoms with Crippen LogP contribution in [-0.2, 0) is 0 Å². The van der Waals surface area contributed by atoms with Crippen molar-refractivity contribution >= 4 is 17.1 Å². The van der Waals surface area contributed by atoms with E-state index in [1.807, 2.05) is 0 Å². The van der Waals surface area contributed by atoms with Crippen LogP contribution in [0.2, 0.25) is 0 Å². The summed E-state index contributed by atoms with van der Waals surface area (Å²) in [5, 5.41) is 0. The van der Waals surface area contributed by atoms with Crippen LogP contribution in [0.3, 0.4) is 0 Å². The molecule has 1 rings (SSSR count). The lowest BCUT2D eigenvalue weighted by Crippen LogP contribution is -2.17. The van der Waals surface area contributed by atoms with Crippen molar-refractivity contribution in [2.45, 2.75) is 38.5 Å². The molecule has 2 heteroatoms. The maximum atomic E-state index is 5.45. The molecule has 0 aliphatic heterocycles. The first-order valence-electron chi connectivity index (χ1n) is 4.54. The van der Waals surface area contributed by atoms with Gasteiger partial charge in [-0.25, -0.2) is 0 Å². The summed E-state index contributed by atoms with van der Waals surface area (Å²) in [5.41, 5.74) is 5.45. The van der Waals surface area contributed by atoms with Gasteiger partial charge in [0.15, 0.2) is 0 Å². The van der Waals surface area contributed by atoms with E-state index in [-0.39, 0.29) is 0 Å². The second kappa shape index (κ2) is 4.83. The number of hydrogen-bond acceptors (Lipinski definition) is 2. The first-order chi connectivity index (χ1) is 5.33. The number of thiocarbonyl (C=S) groups is 1. The third-order valence-electron chi connectivity index (χ3n) is 2.47. The Kier molecular flexibility index (Phi) is 4.02. The second-order valence-electron chi connectivity index (χ2n) is 3.45. The summed E-state index contributed by atoms with van der Waals surface area (Å²) < 4.78 is 0. The van der Waals surface area contributed by atoms with Crippen molar-refractivity contribution in [1.82, 2.24) is 0 Å². The zero-order valence-electron chi connectivity index (χ0n) is 7.01. The summed E-state index contributed by atoms with van der Waals surface area (Å²) in [7, 11) is 0. The Morgan fingerprint density at radius 1 is 1.27 bits per heavy atom. The van der Waals surface area contributed by atoms with Gasteiger partial charge in [0.25, 0.3) is 0 Å². The number of rotatable bonds is 3. The van der Waals surface area contributed by atoms with Crippen LogP contribution < -0.4 is 5.73 Å². The molecular formula is C9H17NS. The minimum absolute atomic E-state index is 0.603. The van der Waals surface area contributed by atoms with Crippen LogP contribution in [0.25, 0.3) is 0 Å². The average molecular weight is 171 g/mol. The summed E-state index contributed by atoms with van der Waals surface area (Å²) in [4.78, 5) is 1.07. The van der Waals surface area contributed by atoms with Gasteiger partial charge in [0.05, 0.1) is 0 Å². The van der Waals surface area contributed by atoms with Crippen molar-refractivity contribution in [2.75, 3.05) is 6.54 Å². The summed E-state index contributed by atoms with van der Waals surface area (Å²) in [6.45, 7) is 0.603. The van der Waals surface area contributed by atoms with Gasteiger partial charge in [-0.05, 0) is 12.3 Å². The monoisotopic (exact) mass is 171 g/mol. The molecule has 1 nitrogen and oxygen atoms in total. The molecule has 11 heavy (non-hydrogen) atoms. The second-order valence-corrected chi connectivity index (χ2v) is 4.03. The summed E-state index contributed by atoms with van der Waals surface area (Å²) in [5.74, 6) is 0.861. The largest absolute Gasteiger partial charge is 0.326 e. The third-order valence-corrected chi connectivity index (χ3v) is 2.80. The standard InChI is InChI=1S/C9H17NS/c10-7-9(11)6-8-4-2-1-3-5-8/h8H,1-7,10H2. The van der Waals surface area contributed by atoms with Gasteiger partial charge in [-0.3, -0.25) is 0 Å². The van der Waals surface area contributed by atoms with Gasteiger partial charge >= 0.3 is 0 Å². The normalized spacial score (nSPS) is 20.1. The van der Waals surface area contributed by atoms with E-state index in [9.17, 15) is 0 Å². The van der Waals surface area contributed by atoms with Crippen LogP contribution >= 0.6 is 12.2 Å². The number of hydrogen-bond donors (Lipinski definition) is 1. The van der Waals surface area contributed by atoms with Gasteiger partial charge in [0, 0.05) is 11.4 Å². The van der Waals surface area contributed by atoms with Crippen molar-refractivity contribution in [1.29, 1.82) is 0 Å². The van der Waals surface area contributed by atoms with Gasteiger partial charge < -0.3 is 5.73 Å². The minimum Gasteiger partial charge on any atom is -0.326 e. The fourth-order valence-corrected chi connectivity index (χ4v) is 2.03. The fraction of sp³-hybridized carbons (Fsp3) is 0.889. The predicted octanol–water partition coefficient (Wildman–Crippen LogP) is 2.29. The van der Waals surface area contributed by atoms with Crippen molar-refractivity contribution in [3.05, 3.63) is 0 Å². The van der Waals surface area contributed by atoms with E-state index in [1.165, 1.54) is 32.1 Å². The van der Waals surface area contributed by atoms with Crippen LogP contribution in [0.15, 0.2) is 0 Å². The van der Waals surface area contributed by atoms with Crippen molar-refractivity contribution < 1.29 is 0 Å². The van der Waals surface area contributed by atoms with Crippen molar-refractivity contribution in [3.63, 3.8) is 0 Å². The first kappa shape index (κ1) is 9.14. The molecule has 1 aliphatic carbocycles. The lowest BCUT2D eigenvalue weighted by atomic mass is 9.86. The van der Waals surface area contributed by atoms with E-state index in [4.69, 9.17) is 18.0 Å². The van der Waals surface area contributed by atoms with Gasteiger partial charge in [0.2, 0.25) is 0 Å². The lowest BCUT2D eigenvalue weighted by molar-refractivity contribution is 0.368. The van der Waals surface area contributed by atoms with E-state index in [2.05, 4.69) is 0 Å². The van der Waals surface area contributed by atoms with Crippen LogP contribution in [0, 0.1) is 5.92 Å². The molecular weight excluding hydrogens is 154 g/mol. The van der Waals surface area contributed by atoms with Crippen molar-refractivity contribution in [2.24, 2.45) is 11.7 Å². The molecule has 2 N–H and O–H groups in total. The highest BCUT2D eigenvalue weighted by Gasteiger charge is 2.13. The molecule has 0 unspecified atom stereocenters. The van der Waals surface area contributed by atoms with Gasteiger partial charge in [-0.1, -0.05) is 44.3 Å². The first-order valence-corrected chi connectivity index (χ1v) is 4.95. The Bertz CT molecular complexity index is 128. The zero-order valence-corrected chi connectivity index (χ0v) is 7.83. The van der Waals surface area contributed by atoms with E-state index >= 15 is 0 Å². The van der Waals surface area contributed by atoms with E-state index in [1.54, 1.807) is 0 Å². The maximum absolute atomic E-state index is 5.45. The molecule has 1 saturated carbocycles. The highest BCUT2D eigenvalue weighted by molar-refractivity contribution is 7.80. The van der Waals surface area contributed by atoms with E-state index in [0.29, 0.717) is 6.54 Å². The predicted molar refractivity (Wildman–Crippen MR) is 52.8 cm³/mol. The maximum Gasteiger partial charge on any atom is 0.0242 e. The molecule has 0 bridgehead atoms. The quantitative estimate of drug-likeness (QED) is 0.659. The minimum atomic E-state index is 0.603. The molecule has 0 aromatic heterocycles. The fourth-order valence-electron chi connectivity index (χ4n) is 1.80. The number of nitrogens with two attached hydrogens (primary N) is 1. The van der Waals surface area contributed by atoms with Crippen molar-refractivity contribution in [3.8, 4) is 0 Å². The topological polar surface area (TPSA) is 26.0 Å². The highest BCUT2D eigenvalue weighted by Crippen LogP contribution is 2.26. The van der Waals surface area contributed by atoms with Gasteiger partial charge in [-0.15, -0.1) is 0 Å². The van der Waals surface area contributed by atoms with Gasteiger partial charge in [-0.2, -0.15) is 0 Å². The van der Waals surface area contributed by atoms with Crippen LogP contribution in [0.5, 0.6) is 0 Å². The highest BCUT2D eigenvalue weighted by atomic mass is 32.1. The molecule has 64 valence electrons. The van der Waals surface area contributed by atoms with Crippen LogP contribution in [0.1, 0.15) is 38.5 Å². The lowest BCUT2D eigenvalue weighted by Gasteiger charge is -2.21. The summed E-state index contributed by atoms with van der Waals surface area (Å²) >= 11 is 5.11. The Labute approximate surface area is 74.4 Å². The van der Waals surface area contributed by atoms with E-state index in [0.717, 1.165) is 17.2 Å².